The van der Waals surface area contributed by atoms with Crippen LogP contribution in [0.1, 0.15) is 58.6 Å². The molecular formula is C46H47FIrN2OSi-2. The summed E-state index contributed by atoms with van der Waals surface area (Å²) in [6.45, 7) is 20.4. The number of halogens is 1. The maximum Gasteiger partial charge on any atom is 0.123 e. The Balaban J connectivity index is 0.000000217. The minimum atomic E-state index is -1.27. The molecule has 6 heteroatoms. The predicted octanol–water partition coefficient (Wildman–Crippen LogP) is 12.4. The fraction of sp³-hybridized carbons (Fsp3) is 0.261. The van der Waals surface area contributed by atoms with Gasteiger partial charge in [-0.2, -0.15) is 0 Å². The average Bonchev–Trinajstić information content (AvgIpc) is 3.51. The quantitative estimate of drug-likeness (QED) is 0.123. The molecule has 4 aromatic carbocycles. The summed E-state index contributed by atoms with van der Waals surface area (Å²) in [5.74, 6) is 0.704. The first kappa shape index (κ1) is 39.0. The summed E-state index contributed by atoms with van der Waals surface area (Å²) < 4.78 is 19.8. The van der Waals surface area contributed by atoms with E-state index >= 15 is 0 Å². The van der Waals surface area contributed by atoms with Crippen LogP contribution in [0.2, 0.25) is 19.6 Å². The summed E-state index contributed by atoms with van der Waals surface area (Å²) in [6.07, 6.45) is 3.90. The zero-order chi connectivity index (χ0) is 36.5. The first-order chi connectivity index (χ1) is 24.2. The summed E-state index contributed by atoms with van der Waals surface area (Å²) in [5, 5.41) is 3.42. The molecular weight excluding hydrogens is 836 g/mol. The van der Waals surface area contributed by atoms with Crippen molar-refractivity contribution < 1.29 is 28.9 Å². The Hall–Kier alpha value is -4.22. The van der Waals surface area contributed by atoms with Crippen molar-refractivity contribution in [2.24, 2.45) is 5.92 Å². The molecule has 0 fully saturated rings. The summed E-state index contributed by atoms with van der Waals surface area (Å²) in [7, 11) is -1.27. The smallest absolute Gasteiger partial charge is 0.123 e. The van der Waals surface area contributed by atoms with Crippen molar-refractivity contribution in [1.29, 1.82) is 0 Å². The van der Waals surface area contributed by atoms with Gasteiger partial charge in [0.05, 0.1) is 13.7 Å². The molecule has 0 saturated heterocycles. The van der Waals surface area contributed by atoms with Crippen LogP contribution in [0, 0.1) is 23.9 Å². The van der Waals surface area contributed by atoms with E-state index in [1.54, 1.807) is 12.1 Å². The molecule has 0 aliphatic heterocycles. The second-order valence-electron chi connectivity index (χ2n) is 15.8. The van der Waals surface area contributed by atoms with E-state index < -0.39 is 8.07 Å². The van der Waals surface area contributed by atoms with Crippen molar-refractivity contribution >= 4 is 35.2 Å². The summed E-state index contributed by atoms with van der Waals surface area (Å²) in [5.41, 5.74) is 9.97. The number of nitrogens with zero attached hydrogens (tertiary/aromatic N) is 2. The summed E-state index contributed by atoms with van der Waals surface area (Å²) in [6, 6.07) is 38.2. The number of furan rings is 1. The minimum absolute atomic E-state index is 0. The Kier molecular flexibility index (Phi) is 11.8. The van der Waals surface area contributed by atoms with Crippen LogP contribution in [0.4, 0.5) is 4.39 Å². The fourth-order valence-electron chi connectivity index (χ4n) is 6.15. The number of hydrogen-bond acceptors (Lipinski definition) is 3. The van der Waals surface area contributed by atoms with Crippen LogP contribution in [0.3, 0.4) is 0 Å². The molecule has 52 heavy (non-hydrogen) atoms. The van der Waals surface area contributed by atoms with Crippen LogP contribution in [-0.2, 0) is 25.5 Å². The number of rotatable bonds is 6. The standard InChI is InChI=1S/C28H23FNO.C18H24NSi.Ir/c1-17(2)18(3)20-14-15-30-25(16-20)23-13-12-22(19-8-10-21(29)11-9-19)27-24-6-4-5-7-26(24)31-28(23)27;1-18(2,3)15-9-7-8-14(12-15)17-11-10-16(13-19-17)20(4,5)6;/h4-12,14-18H,1-3H3;7,9-13H,1-6H3;/q2*-1;. The molecule has 7 rings (SSSR count). The van der Waals surface area contributed by atoms with Crippen molar-refractivity contribution in [1.82, 2.24) is 9.97 Å². The monoisotopic (exact) mass is 883 g/mol. The summed E-state index contributed by atoms with van der Waals surface area (Å²) >= 11 is 0. The van der Waals surface area contributed by atoms with E-state index in [1.165, 1.54) is 28.4 Å². The maximum atomic E-state index is 13.5. The fourth-order valence-corrected chi connectivity index (χ4v) is 7.18. The number of para-hydroxylation sites is 1. The van der Waals surface area contributed by atoms with Gasteiger partial charge in [0, 0.05) is 37.9 Å². The van der Waals surface area contributed by atoms with Gasteiger partial charge < -0.3 is 14.4 Å². The molecule has 269 valence electrons. The Morgan fingerprint density at radius 2 is 1.54 bits per heavy atom. The molecule has 1 radical (unpaired) electrons. The number of pyridine rings is 2. The number of benzene rings is 4. The molecule has 1 unspecified atom stereocenters. The number of fused-ring (bicyclic) bond motifs is 3. The molecule has 0 saturated carbocycles. The van der Waals surface area contributed by atoms with Crippen LogP contribution in [0.5, 0.6) is 0 Å². The normalized spacial score (nSPS) is 12.4. The first-order valence-electron chi connectivity index (χ1n) is 17.8. The van der Waals surface area contributed by atoms with E-state index in [9.17, 15) is 4.39 Å². The van der Waals surface area contributed by atoms with E-state index in [4.69, 9.17) is 4.42 Å². The van der Waals surface area contributed by atoms with Crippen LogP contribution >= 0.6 is 0 Å². The third kappa shape index (κ3) is 8.52. The van der Waals surface area contributed by atoms with Crippen molar-refractivity contribution in [3.8, 4) is 33.6 Å². The minimum Gasteiger partial charge on any atom is -0.501 e. The molecule has 0 aliphatic carbocycles. The van der Waals surface area contributed by atoms with Crippen molar-refractivity contribution in [2.75, 3.05) is 0 Å². The molecule has 3 aromatic heterocycles. The third-order valence-corrected chi connectivity index (χ3v) is 11.8. The molecule has 0 aliphatic rings. The molecule has 0 bridgehead atoms. The molecule has 3 nitrogen and oxygen atoms in total. The zero-order valence-corrected chi connectivity index (χ0v) is 35.0. The largest absolute Gasteiger partial charge is 0.501 e. The Morgan fingerprint density at radius 3 is 2.19 bits per heavy atom. The van der Waals surface area contributed by atoms with Gasteiger partial charge in [0.1, 0.15) is 11.4 Å². The van der Waals surface area contributed by atoms with Crippen molar-refractivity contribution in [3.05, 3.63) is 139 Å². The van der Waals surface area contributed by atoms with Gasteiger partial charge in [-0.25, -0.2) is 4.39 Å². The van der Waals surface area contributed by atoms with E-state index in [-0.39, 0.29) is 31.3 Å². The second kappa shape index (κ2) is 15.8. The molecule has 0 amide bonds. The van der Waals surface area contributed by atoms with Gasteiger partial charge in [-0.3, -0.25) is 0 Å². The van der Waals surface area contributed by atoms with Gasteiger partial charge in [0.2, 0.25) is 0 Å². The average molecular weight is 883 g/mol. The van der Waals surface area contributed by atoms with E-state index in [1.807, 2.05) is 42.7 Å². The SMILES string of the molecule is CC(C)(C)c1cc[c-]c(-c2ccc([Si](C)(C)C)cn2)c1.CC(C)C(C)c1ccnc(-c2[c-]cc(-c3ccc(F)cc3)c3c2oc2ccccc23)c1.[Ir]. The van der Waals surface area contributed by atoms with Crippen LogP contribution in [0.15, 0.2) is 114 Å². The van der Waals surface area contributed by atoms with Gasteiger partial charge >= 0.3 is 0 Å². The zero-order valence-electron chi connectivity index (χ0n) is 31.6. The summed E-state index contributed by atoms with van der Waals surface area (Å²) in [4.78, 5) is 9.29. The van der Waals surface area contributed by atoms with E-state index in [0.717, 1.165) is 55.6 Å². The molecule has 0 N–H and O–H groups in total. The van der Waals surface area contributed by atoms with Crippen LogP contribution in [-0.4, -0.2) is 18.0 Å². The van der Waals surface area contributed by atoms with Crippen LogP contribution in [0.25, 0.3) is 55.6 Å². The Morgan fingerprint density at radius 1 is 0.808 bits per heavy atom. The van der Waals surface area contributed by atoms with Gasteiger partial charge in [-0.05, 0) is 63.5 Å². The Bertz CT molecular complexity index is 2280. The van der Waals surface area contributed by atoms with Gasteiger partial charge in [0.15, 0.2) is 0 Å². The van der Waals surface area contributed by atoms with Gasteiger partial charge in [-0.1, -0.05) is 132 Å². The topological polar surface area (TPSA) is 38.9 Å². The molecule has 7 aromatic rings. The number of hydrogen-bond donors (Lipinski definition) is 0. The van der Waals surface area contributed by atoms with Crippen molar-refractivity contribution in [2.45, 2.75) is 72.5 Å². The van der Waals surface area contributed by atoms with Crippen molar-refractivity contribution in [3.63, 3.8) is 0 Å². The predicted molar refractivity (Wildman–Crippen MR) is 215 cm³/mol. The molecule has 0 spiro atoms. The molecule has 3 heterocycles. The van der Waals surface area contributed by atoms with E-state index in [2.05, 4.69) is 126 Å². The van der Waals surface area contributed by atoms with Gasteiger partial charge in [0.25, 0.3) is 0 Å². The molecule has 1 atom stereocenters. The second-order valence-corrected chi connectivity index (χ2v) is 20.9. The van der Waals surface area contributed by atoms with Crippen LogP contribution < -0.4 is 5.19 Å². The first-order valence-corrected chi connectivity index (χ1v) is 21.3. The third-order valence-electron chi connectivity index (χ3n) is 9.75. The maximum absolute atomic E-state index is 13.5. The van der Waals surface area contributed by atoms with E-state index in [0.29, 0.717) is 11.8 Å². The Labute approximate surface area is 323 Å². The number of aromatic nitrogens is 2. The van der Waals surface area contributed by atoms with Gasteiger partial charge in [-0.15, -0.1) is 47.5 Å².